The van der Waals surface area contributed by atoms with Crippen LogP contribution in [0, 0.1) is 5.92 Å². The lowest BCUT2D eigenvalue weighted by atomic mass is 9.87. The molecule has 2 nitrogen and oxygen atoms in total. The Morgan fingerprint density at radius 1 is 0.682 bits per heavy atom. The molecule has 2 saturated carbocycles. The zero-order valence-electron chi connectivity index (χ0n) is 14.8. The molecular formula is C20H38N2. The highest BCUT2D eigenvalue weighted by molar-refractivity contribution is 4.80. The standard InChI is InChI=1S/C20H38N2/c1-4-10-19(11-5-1)18-22(20-12-6-2-7-13-20)17-16-21-14-8-3-9-15-21/h19-20H,1-18H2. The Bertz CT molecular complexity index is 286. The largest absolute Gasteiger partial charge is 0.302 e. The Balaban J connectivity index is 1.49. The van der Waals surface area contributed by atoms with Crippen LogP contribution in [-0.2, 0) is 0 Å². The molecule has 1 heterocycles. The van der Waals surface area contributed by atoms with E-state index in [2.05, 4.69) is 9.80 Å². The van der Waals surface area contributed by atoms with E-state index >= 15 is 0 Å². The predicted molar refractivity (Wildman–Crippen MR) is 95.3 cm³/mol. The second kappa shape index (κ2) is 9.27. The zero-order valence-corrected chi connectivity index (χ0v) is 14.8. The summed E-state index contributed by atoms with van der Waals surface area (Å²) in [6, 6.07) is 0.917. The van der Waals surface area contributed by atoms with Gasteiger partial charge < -0.3 is 4.90 Å². The Morgan fingerprint density at radius 3 is 1.95 bits per heavy atom. The molecule has 0 spiro atoms. The quantitative estimate of drug-likeness (QED) is 0.702. The van der Waals surface area contributed by atoms with Crippen LogP contribution < -0.4 is 0 Å². The highest BCUT2D eigenvalue weighted by Crippen LogP contribution is 2.28. The average Bonchev–Trinajstić information content (AvgIpc) is 2.61. The van der Waals surface area contributed by atoms with Crippen LogP contribution in [0.1, 0.15) is 83.5 Å². The topological polar surface area (TPSA) is 6.48 Å². The maximum absolute atomic E-state index is 2.93. The summed E-state index contributed by atoms with van der Waals surface area (Å²) >= 11 is 0. The van der Waals surface area contributed by atoms with E-state index in [1.54, 1.807) is 0 Å². The van der Waals surface area contributed by atoms with Crippen molar-refractivity contribution in [3.8, 4) is 0 Å². The average molecular weight is 307 g/mol. The van der Waals surface area contributed by atoms with Crippen molar-refractivity contribution in [2.24, 2.45) is 5.92 Å². The number of likely N-dealkylation sites (tertiary alicyclic amines) is 1. The van der Waals surface area contributed by atoms with E-state index in [-0.39, 0.29) is 0 Å². The first kappa shape index (κ1) is 16.8. The van der Waals surface area contributed by atoms with Crippen LogP contribution in [-0.4, -0.2) is 48.6 Å². The SMILES string of the molecule is C1CCC(CN(CCN2CCCCC2)C2CCCCC2)CC1. The normalized spacial score (nSPS) is 26.6. The third-order valence-electron chi connectivity index (χ3n) is 6.46. The fraction of sp³-hybridized carbons (Fsp3) is 1.00. The van der Waals surface area contributed by atoms with Gasteiger partial charge in [0.2, 0.25) is 0 Å². The van der Waals surface area contributed by atoms with Crippen LogP contribution in [0.15, 0.2) is 0 Å². The number of piperidine rings is 1. The minimum Gasteiger partial charge on any atom is -0.302 e. The lowest BCUT2D eigenvalue weighted by Gasteiger charge is -2.39. The van der Waals surface area contributed by atoms with E-state index in [9.17, 15) is 0 Å². The monoisotopic (exact) mass is 306 g/mol. The molecule has 1 saturated heterocycles. The second-order valence-corrected chi connectivity index (χ2v) is 8.19. The van der Waals surface area contributed by atoms with E-state index in [0.717, 1.165) is 12.0 Å². The van der Waals surface area contributed by atoms with Crippen molar-refractivity contribution in [2.75, 3.05) is 32.7 Å². The molecule has 0 radical (unpaired) electrons. The molecule has 0 unspecified atom stereocenters. The van der Waals surface area contributed by atoms with Crippen molar-refractivity contribution in [3.05, 3.63) is 0 Å². The molecule has 0 N–H and O–H groups in total. The van der Waals surface area contributed by atoms with Gasteiger partial charge in [0.05, 0.1) is 0 Å². The Kier molecular flexibility index (Phi) is 7.07. The highest BCUT2D eigenvalue weighted by atomic mass is 15.2. The van der Waals surface area contributed by atoms with E-state index in [1.807, 2.05) is 0 Å². The lowest BCUT2D eigenvalue weighted by Crippen LogP contribution is -2.45. The van der Waals surface area contributed by atoms with Crippen LogP contribution in [0.4, 0.5) is 0 Å². The molecule has 0 bridgehead atoms. The number of nitrogens with zero attached hydrogens (tertiary/aromatic N) is 2. The molecule has 0 amide bonds. The Labute approximate surface area is 138 Å². The number of rotatable bonds is 6. The molecule has 22 heavy (non-hydrogen) atoms. The summed E-state index contributed by atoms with van der Waals surface area (Å²) in [7, 11) is 0. The maximum Gasteiger partial charge on any atom is 0.0112 e. The van der Waals surface area contributed by atoms with Gasteiger partial charge in [0.1, 0.15) is 0 Å². The van der Waals surface area contributed by atoms with Gasteiger partial charge in [-0.05, 0) is 57.5 Å². The Morgan fingerprint density at radius 2 is 1.27 bits per heavy atom. The third kappa shape index (κ3) is 5.23. The minimum absolute atomic E-state index is 0.917. The first-order valence-electron chi connectivity index (χ1n) is 10.4. The van der Waals surface area contributed by atoms with Crippen LogP contribution in [0.3, 0.4) is 0 Å². The van der Waals surface area contributed by atoms with Crippen molar-refractivity contribution in [1.82, 2.24) is 9.80 Å². The van der Waals surface area contributed by atoms with E-state index in [0.29, 0.717) is 0 Å². The van der Waals surface area contributed by atoms with Gasteiger partial charge in [-0.2, -0.15) is 0 Å². The van der Waals surface area contributed by atoms with Gasteiger partial charge in [-0.25, -0.2) is 0 Å². The summed E-state index contributed by atoms with van der Waals surface area (Å²) in [5.41, 5.74) is 0. The highest BCUT2D eigenvalue weighted by Gasteiger charge is 2.25. The first-order valence-corrected chi connectivity index (χ1v) is 10.4. The van der Waals surface area contributed by atoms with Gasteiger partial charge in [0, 0.05) is 25.7 Å². The molecule has 3 fully saturated rings. The van der Waals surface area contributed by atoms with Gasteiger partial charge in [-0.1, -0.05) is 44.9 Å². The van der Waals surface area contributed by atoms with Crippen LogP contribution in [0.2, 0.25) is 0 Å². The van der Waals surface area contributed by atoms with Crippen LogP contribution >= 0.6 is 0 Å². The van der Waals surface area contributed by atoms with Gasteiger partial charge >= 0.3 is 0 Å². The van der Waals surface area contributed by atoms with Crippen LogP contribution in [0.25, 0.3) is 0 Å². The second-order valence-electron chi connectivity index (χ2n) is 8.19. The molecule has 3 rings (SSSR count). The fourth-order valence-corrected chi connectivity index (χ4v) is 5.02. The third-order valence-corrected chi connectivity index (χ3v) is 6.46. The number of hydrogen-bond donors (Lipinski definition) is 0. The summed E-state index contributed by atoms with van der Waals surface area (Å²) in [5, 5.41) is 0. The van der Waals surface area contributed by atoms with E-state index in [4.69, 9.17) is 0 Å². The Hall–Kier alpha value is -0.0800. The summed E-state index contributed by atoms with van der Waals surface area (Å²) in [5.74, 6) is 1.01. The zero-order chi connectivity index (χ0) is 15.0. The molecular weight excluding hydrogens is 268 g/mol. The van der Waals surface area contributed by atoms with Crippen molar-refractivity contribution < 1.29 is 0 Å². The maximum atomic E-state index is 2.93. The molecule has 128 valence electrons. The minimum atomic E-state index is 0.917. The first-order chi connectivity index (χ1) is 10.9. The summed E-state index contributed by atoms with van der Waals surface area (Å²) in [6.07, 6.45) is 19.2. The molecule has 2 aliphatic carbocycles. The molecule has 0 atom stereocenters. The molecule has 3 aliphatic rings. The molecule has 2 heteroatoms. The van der Waals surface area contributed by atoms with Crippen LogP contribution in [0.5, 0.6) is 0 Å². The lowest BCUT2D eigenvalue weighted by molar-refractivity contribution is 0.0995. The molecule has 1 aliphatic heterocycles. The molecule has 0 aromatic rings. The summed E-state index contributed by atoms with van der Waals surface area (Å²) < 4.78 is 0. The van der Waals surface area contributed by atoms with Gasteiger partial charge in [0.25, 0.3) is 0 Å². The van der Waals surface area contributed by atoms with Crippen molar-refractivity contribution >= 4 is 0 Å². The molecule has 0 aromatic carbocycles. The summed E-state index contributed by atoms with van der Waals surface area (Å²) in [4.78, 5) is 5.67. The fourth-order valence-electron chi connectivity index (χ4n) is 5.02. The summed E-state index contributed by atoms with van der Waals surface area (Å²) in [6.45, 7) is 6.83. The predicted octanol–water partition coefficient (Wildman–Crippen LogP) is 4.69. The van der Waals surface area contributed by atoms with Gasteiger partial charge in [-0.15, -0.1) is 0 Å². The van der Waals surface area contributed by atoms with E-state index < -0.39 is 0 Å². The number of hydrogen-bond acceptors (Lipinski definition) is 2. The van der Waals surface area contributed by atoms with Gasteiger partial charge in [0.15, 0.2) is 0 Å². The van der Waals surface area contributed by atoms with Crippen molar-refractivity contribution in [1.29, 1.82) is 0 Å². The van der Waals surface area contributed by atoms with Crippen molar-refractivity contribution in [2.45, 2.75) is 89.5 Å². The smallest absolute Gasteiger partial charge is 0.0112 e. The molecule has 0 aromatic heterocycles. The van der Waals surface area contributed by atoms with E-state index in [1.165, 1.54) is 116 Å². The van der Waals surface area contributed by atoms with Gasteiger partial charge in [-0.3, -0.25) is 4.90 Å². The van der Waals surface area contributed by atoms with Crippen molar-refractivity contribution in [3.63, 3.8) is 0 Å².